The first kappa shape index (κ1) is 14.4. The Kier molecular flexibility index (Phi) is 4.03. The molecule has 1 aromatic heterocycles. The maximum atomic E-state index is 13.6. The van der Waals surface area contributed by atoms with Crippen LogP contribution in [0.1, 0.15) is 17.4 Å². The van der Waals surface area contributed by atoms with Gasteiger partial charge in [0.2, 0.25) is 0 Å². The van der Waals surface area contributed by atoms with Gasteiger partial charge < -0.3 is 11.1 Å². The predicted molar refractivity (Wildman–Crippen MR) is 74.3 cm³/mol. The molecule has 0 spiro atoms. The summed E-state index contributed by atoms with van der Waals surface area (Å²) in [5, 5.41) is 6.29. The van der Waals surface area contributed by atoms with Crippen LogP contribution in [0.4, 0.5) is 20.2 Å². The van der Waals surface area contributed by atoms with Gasteiger partial charge in [0, 0.05) is 23.3 Å². The molecule has 5 nitrogen and oxygen atoms in total. The first-order chi connectivity index (χ1) is 9.42. The van der Waals surface area contributed by atoms with Crippen molar-refractivity contribution in [2.24, 2.45) is 0 Å². The van der Waals surface area contributed by atoms with Crippen LogP contribution in [0, 0.1) is 11.6 Å². The Labute approximate surface area is 121 Å². The van der Waals surface area contributed by atoms with E-state index >= 15 is 0 Å². The van der Waals surface area contributed by atoms with Crippen LogP contribution in [0.25, 0.3) is 0 Å². The number of rotatable bonds is 3. The van der Waals surface area contributed by atoms with Crippen molar-refractivity contribution in [3.8, 4) is 0 Å². The van der Waals surface area contributed by atoms with Crippen molar-refractivity contribution in [1.29, 1.82) is 0 Å². The average Bonchev–Trinajstić information content (AvgIpc) is 2.75. The van der Waals surface area contributed by atoms with E-state index in [1.54, 1.807) is 0 Å². The lowest BCUT2D eigenvalue weighted by Crippen LogP contribution is -2.16. The highest BCUT2D eigenvalue weighted by molar-refractivity contribution is 9.10. The Morgan fingerprint density at radius 2 is 2.20 bits per heavy atom. The number of halogens is 3. The molecule has 8 heteroatoms. The zero-order chi connectivity index (χ0) is 14.9. The van der Waals surface area contributed by atoms with E-state index in [9.17, 15) is 13.6 Å². The number of aromatic nitrogens is 2. The zero-order valence-electron chi connectivity index (χ0n) is 10.5. The van der Waals surface area contributed by atoms with Crippen LogP contribution in [-0.2, 0) is 6.54 Å². The lowest BCUT2D eigenvalue weighted by molar-refractivity contribution is 0.102. The highest BCUT2D eigenvalue weighted by atomic mass is 79.9. The molecule has 0 aliphatic rings. The molecule has 0 saturated heterocycles. The molecule has 0 saturated carbocycles. The molecule has 0 aliphatic carbocycles. The number of anilines is 2. The molecule has 0 aliphatic heterocycles. The van der Waals surface area contributed by atoms with Crippen LogP contribution in [0.15, 0.2) is 22.8 Å². The molecule has 0 bridgehead atoms. The third-order valence-corrected chi connectivity index (χ3v) is 3.20. The van der Waals surface area contributed by atoms with Gasteiger partial charge in [0.05, 0.1) is 11.4 Å². The van der Waals surface area contributed by atoms with Crippen LogP contribution in [0.3, 0.4) is 0 Å². The van der Waals surface area contributed by atoms with E-state index in [1.807, 2.05) is 6.92 Å². The fourth-order valence-electron chi connectivity index (χ4n) is 1.61. The summed E-state index contributed by atoms with van der Waals surface area (Å²) in [5.41, 5.74) is 5.67. The van der Waals surface area contributed by atoms with Gasteiger partial charge in [-0.05, 0) is 28.9 Å². The number of hydrogen-bond donors (Lipinski definition) is 2. The van der Waals surface area contributed by atoms with Gasteiger partial charge in [-0.15, -0.1) is 0 Å². The molecular weight excluding hydrogens is 334 g/mol. The van der Waals surface area contributed by atoms with Gasteiger partial charge in [-0.1, -0.05) is 0 Å². The van der Waals surface area contributed by atoms with Crippen molar-refractivity contribution in [1.82, 2.24) is 9.78 Å². The first-order valence-corrected chi connectivity index (χ1v) is 6.50. The Balaban J connectivity index is 2.30. The third kappa shape index (κ3) is 2.79. The van der Waals surface area contributed by atoms with Gasteiger partial charge in [0.25, 0.3) is 5.91 Å². The number of amides is 1. The summed E-state index contributed by atoms with van der Waals surface area (Å²) in [7, 11) is 0. The summed E-state index contributed by atoms with van der Waals surface area (Å²) < 4.78 is 28.2. The summed E-state index contributed by atoms with van der Waals surface area (Å²) in [6.07, 6.45) is 1.50. The number of carbonyl (C=O) groups excluding carboxylic acids is 1. The van der Waals surface area contributed by atoms with Gasteiger partial charge in [0.1, 0.15) is 5.82 Å². The number of benzene rings is 1. The minimum atomic E-state index is -0.890. The maximum Gasteiger partial charge on any atom is 0.278 e. The Bertz CT molecular complexity index is 648. The van der Waals surface area contributed by atoms with E-state index in [0.29, 0.717) is 12.6 Å². The van der Waals surface area contributed by atoms with Crippen LogP contribution >= 0.6 is 15.9 Å². The quantitative estimate of drug-likeness (QED) is 0.899. The molecule has 0 radical (unpaired) electrons. The van der Waals surface area contributed by atoms with Crippen molar-refractivity contribution < 1.29 is 13.6 Å². The second kappa shape index (κ2) is 5.58. The second-order valence-corrected chi connectivity index (χ2v) is 4.84. The minimum Gasteiger partial charge on any atom is -0.396 e. The Morgan fingerprint density at radius 3 is 2.75 bits per heavy atom. The van der Waals surface area contributed by atoms with E-state index in [-0.39, 0.29) is 21.5 Å². The van der Waals surface area contributed by atoms with Crippen LogP contribution in [-0.4, -0.2) is 15.7 Å². The molecule has 20 heavy (non-hydrogen) atoms. The molecule has 1 heterocycles. The van der Waals surface area contributed by atoms with E-state index in [0.717, 1.165) is 6.07 Å². The zero-order valence-corrected chi connectivity index (χ0v) is 12.0. The summed E-state index contributed by atoms with van der Waals surface area (Å²) in [4.78, 5) is 12.0. The van der Waals surface area contributed by atoms with Gasteiger partial charge in [-0.25, -0.2) is 8.78 Å². The van der Waals surface area contributed by atoms with Crippen molar-refractivity contribution >= 4 is 33.2 Å². The Hall–Kier alpha value is -1.96. The molecular formula is C12H11BrF2N4O. The number of hydrogen-bond acceptors (Lipinski definition) is 3. The predicted octanol–water partition coefficient (Wildman–Crippen LogP) is 2.78. The highest BCUT2D eigenvalue weighted by Gasteiger charge is 2.18. The van der Waals surface area contributed by atoms with Crippen molar-refractivity contribution in [3.63, 3.8) is 0 Å². The van der Waals surface area contributed by atoms with Gasteiger partial charge in [0.15, 0.2) is 11.5 Å². The third-order valence-electron chi connectivity index (χ3n) is 2.57. The number of aryl methyl sites for hydroxylation is 1. The van der Waals surface area contributed by atoms with Gasteiger partial charge >= 0.3 is 0 Å². The van der Waals surface area contributed by atoms with Crippen molar-refractivity contribution in [2.45, 2.75) is 13.5 Å². The van der Waals surface area contributed by atoms with Gasteiger partial charge in [-0.3, -0.25) is 9.48 Å². The van der Waals surface area contributed by atoms with Crippen molar-refractivity contribution in [2.75, 3.05) is 11.1 Å². The van der Waals surface area contributed by atoms with Crippen LogP contribution in [0.5, 0.6) is 0 Å². The molecule has 0 fully saturated rings. The van der Waals surface area contributed by atoms with Crippen LogP contribution in [0.2, 0.25) is 0 Å². The molecule has 1 aromatic carbocycles. The summed E-state index contributed by atoms with van der Waals surface area (Å²) >= 11 is 2.98. The highest BCUT2D eigenvalue weighted by Crippen LogP contribution is 2.27. The number of nitrogens with one attached hydrogen (secondary N) is 1. The van der Waals surface area contributed by atoms with E-state index in [1.165, 1.54) is 10.9 Å². The van der Waals surface area contributed by atoms with Crippen molar-refractivity contribution in [3.05, 3.63) is 40.1 Å². The minimum absolute atomic E-state index is 0.0116. The summed E-state index contributed by atoms with van der Waals surface area (Å²) in [6, 6.07) is 1.72. The van der Waals surface area contributed by atoms with E-state index in [2.05, 4.69) is 26.3 Å². The molecule has 1 amide bonds. The first-order valence-electron chi connectivity index (χ1n) is 5.71. The fraction of sp³-hybridized carbons (Fsp3) is 0.167. The average molecular weight is 345 g/mol. The molecule has 3 N–H and O–H groups in total. The maximum absolute atomic E-state index is 13.6. The number of nitrogen functional groups attached to an aromatic ring is 1. The smallest absolute Gasteiger partial charge is 0.278 e. The topological polar surface area (TPSA) is 72.9 Å². The van der Waals surface area contributed by atoms with E-state index in [4.69, 9.17) is 5.73 Å². The molecule has 106 valence electrons. The van der Waals surface area contributed by atoms with Gasteiger partial charge in [-0.2, -0.15) is 5.10 Å². The lowest BCUT2D eigenvalue weighted by atomic mass is 10.2. The normalized spacial score (nSPS) is 10.6. The lowest BCUT2D eigenvalue weighted by Gasteiger charge is -2.08. The SMILES string of the molecule is CCn1cc(N)c(C(=O)Nc2c(F)cc(F)cc2Br)n1. The standard InChI is InChI=1S/C12H11BrF2N4O/c1-2-19-5-9(16)11(18-19)12(20)17-10-7(13)3-6(14)4-8(10)15/h3-5H,2,16H2,1H3,(H,17,20). The molecule has 0 atom stereocenters. The Morgan fingerprint density at radius 1 is 1.50 bits per heavy atom. The second-order valence-electron chi connectivity index (χ2n) is 3.99. The molecule has 2 rings (SSSR count). The summed E-state index contributed by atoms with van der Waals surface area (Å²) in [5.74, 6) is -2.30. The monoisotopic (exact) mass is 344 g/mol. The number of carbonyl (C=O) groups is 1. The molecule has 2 aromatic rings. The number of nitrogens with two attached hydrogens (primary N) is 1. The van der Waals surface area contributed by atoms with E-state index < -0.39 is 17.5 Å². The number of nitrogens with zero attached hydrogens (tertiary/aromatic N) is 2. The summed E-state index contributed by atoms with van der Waals surface area (Å²) in [6.45, 7) is 2.39. The molecule has 0 unspecified atom stereocenters. The van der Waals surface area contributed by atoms with Crippen LogP contribution < -0.4 is 11.1 Å². The largest absolute Gasteiger partial charge is 0.396 e. The fourth-order valence-corrected chi connectivity index (χ4v) is 2.12.